The van der Waals surface area contributed by atoms with Crippen LogP contribution in [0.3, 0.4) is 0 Å². The van der Waals surface area contributed by atoms with Crippen LogP contribution in [0.4, 0.5) is 5.69 Å². The van der Waals surface area contributed by atoms with Crippen molar-refractivity contribution in [3.05, 3.63) is 41.4 Å². The SMILES string of the molecule is CC1CCCC(NC(=O)C2N(CCN3CCCCCC3)C(=O)[C@@H]3C(C(=O)Nc4cccc(Cl)c4)[C@@H]4C=CC23O4)C1C. The van der Waals surface area contributed by atoms with Gasteiger partial charge in [0.05, 0.1) is 17.9 Å². The molecule has 0 aromatic heterocycles. The fourth-order valence-electron chi connectivity index (χ4n) is 7.96. The lowest BCUT2D eigenvalue weighted by Crippen LogP contribution is -2.58. The van der Waals surface area contributed by atoms with Gasteiger partial charge < -0.3 is 25.2 Å². The first kappa shape index (κ1) is 28.7. The molecule has 4 aliphatic heterocycles. The van der Waals surface area contributed by atoms with E-state index in [-0.39, 0.29) is 23.8 Å². The molecular formula is C32H43ClN4O4. The Kier molecular flexibility index (Phi) is 8.18. The molecule has 41 heavy (non-hydrogen) atoms. The Morgan fingerprint density at radius 1 is 1.05 bits per heavy atom. The molecule has 1 aromatic rings. The van der Waals surface area contributed by atoms with E-state index in [0.717, 1.165) is 38.8 Å². The van der Waals surface area contributed by atoms with Crippen LogP contribution in [0.15, 0.2) is 36.4 Å². The summed E-state index contributed by atoms with van der Waals surface area (Å²) in [5.41, 5.74) is -0.578. The average Bonchev–Trinajstić information content (AvgIpc) is 3.49. The molecule has 1 aliphatic carbocycles. The Morgan fingerprint density at radius 3 is 2.59 bits per heavy atom. The largest absolute Gasteiger partial charge is 0.359 e. The molecule has 2 N–H and O–H groups in total. The first-order chi connectivity index (χ1) is 19.8. The van der Waals surface area contributed by atoms with Crippen LogP contribution in [-0.4, -0.2) is 77.5 Å². The fourth-order valence-corrected chi connectivity index (χ4v) is 8.15. The number of hydrogen-bond donors (Lipinski definition) is 2. The minimum atomic E-state index is -1.15. The third-order valence-electron chi connectivity index (χ3n) is 10.4. The van der Waals surface area contributed by atoms with Gasteiger partial charge in [0.1, 0.15) is 11.6 Å². The van der Waals surface area contributed by atoms with E-state index in [1.54, 1.807) is 29.2 Å². The lowest BCUT2D eigenvalue weighted by Gasteiger charge is -2.38. The molecule has 5 aliphatic rings. The predicted molar refractivity (Wildman–Crippen MR) is 158 cm³/mol. The zero-order valence-corrected chi connectivity index (χ0v) is 24.9. The summed E-state index contributed by atoms with van der Waals surface area (Å²) >= 11 is 6.15. The normalized spacial score (nSPS) is 36.7. The summed E-state index contributed by atoms with van der Waals surface area (Å²) in [5.74, 6) is -1.20. The summed E-state index contributed by atoms with van der Waals surface area (Å²) in [6.07, 6.45) is 11.2. The summed E-state index contributed by atoms with van der Waals surface area (Å²) in [5, 5.41) is 6.81. The third-order valence-corrected chi connectivity index (χ3v) is 10.6. The van der Waals surface area contributed by atoms with Crippen molar-refractivity contribution >= 4 is 35.0 Å². The highest BCUT2D eigenvalue weighted by Crippen LogP contribution is 2.55. The van der Waals surface area contributed by atoms with Gasteiger partial charge in [0, 0.05) is 29.8 Å². The standard InChI is InChI=1S/C32H43ClN4O4/c1-20-9-7-12-24(21(20)2)35-30(39)28-32-14-13-25(41-32)26(29(38)34-23-11-8-10-22(33)19-23)27(32)31(40)37(28)18-17-36-15-5-3-4-6-16-36/h8,10-11,13-14,19-21,24-28H,3-7,9,12,15-18H2,1-2H3,(H,34,38)(H,35,39)/t20?,21?,24?,25-,26?,27-,28?,32?/m0/s1. The number of nitrogens with zero attached hydrogens (tertiary/aromatic N) is 2. The average molecular weight is 583 g/mol. The van der Waals surface area contributed by atoms with Gasteiger partial charge in [-0.2, -0.15) is 0 Å². The van der Waals surface area contributed by atoms with Gasteiger partial charge in [-0.15, -0.1) is 0 Å². The molecule has 1 saturated carbocycles. The van der Waals surface area contributed by atoms with E-state index in [1.807, 2.05) is 12.2 Å². The van der Waals surface area contributed by atoms with Crippen molar-refractivity contribution in [3.8, 4) is 0 Å². The summed E-state index contributed by atoms with van der Waals surface area (Å²) in [6, 6.07) is 6.24. The van der Waals surface area contributed by atoms with Crippen molar-refractivity contribution in [1.29, 1.82) is 0 Å². The van der Waals surface area contributed by atoms with Crippen molar-refractivity contribution in [1.82, 2.24) is 15.1 Å². The molecule has 222 valence electrons. The van der Waals surface area contributed by atoms with Crippen LogP contribution in [0.5, 0.6) is 0 Å². The van der Waals surface area contributed by atoms with Crippen molar-refractivity contribution in [2.75, 3.05) is 31.5 Å². The number of carbonyl (C=O) groups is 3. The van der Waals surface area contributed by atoms with E-state index < -0.39 is 29.6 Å². The molecule has 6 rings (SSSR count). The molecule has 8 nitrogen and oxygen atoms in total. The molecule has 4 fully saturated rings. The number of hydrogen-bond acceptors (Lipinski definition) is 5. The molecule has 1 aromatic carbocycles. The van der Waals surface area contributed by atoms with Crippen LogP contribution in [-0.2, 0) is 19.1 Å². The van der Waals surface area contributed by atoms with E-state index in [4.69, 9.17) is 16.3 Å². The van der Waals surface area contributed by atoms with E-state index >= 15 is 0 Å². The number of halogens is 1. The quantitative estimate of drug-likeness (QED) is 0.469. The molecule has 4 heterocycles. The molecule has 3 amide bonds. The third kappa shape index (κ3) is 5.32. The maximum absolute atomic E-state index is 14.3. The molecule has 8 atom stereocenters. The number of likely N-dealkylation sites (tertiary alicyclic amines) is 2. The molecule has 1 spiro atoms. The Bertz CT molecular complexity index is 1200. The number of anilines is 1. The van der Waals surface area contributed by atoms with E-state index in [9.17, 15) is 14.4 Å². The van der Waals surface area contributed by atoms with Gasteiger partial charge in [0.2, 0.25) is 17.7 Å². The zero-order valence-electron chi connectivity index (χ0n) is 24.2. The van der Waals surface area contributed by atoms with Gasteiger partial charge in [-0.1, -0.05) is 69.4 Å². The molecule has 2 bridgehead atoms. The Hall–Kier alpha value is -2.42. The van der Waals surface area contributed by atoms with Crippen molar-refractivity contribution in [2.45, 2.75) is 82.6 Å². The molecule has 9 heteroatoms. The van der Waals surface area contributed by atoms with Crippen LogP contribution in [0.25, 0.3) is 0 Å². The molecule has 0 radical (unpaired) electrons. The summed E-state index contributed by atoms with van der Waals surface area (Å²) in [6.45, 7) is 7.62. The summed E-state index contributed by atoms with van der Waals surface area (Å²) in [7, 11) is 0. The van der Waals surface area contributed by atoms with Gasteiger partial charge in [-0.05, 0) is 62.4 Å². The van der Waals surface area contributed by atoms with E-state index in [1.165, 1.54) is 19.3 Å². The van der Waals surface area contributed by atoms with Crippen molar-refractivity contribution in [3.63, 3.8) is 0 Å². The number of carbonyl (C=O) groups excluding carboxylic acids is 3. The molecule has 3 saturated heterocycles. The lowest BCUT2D eigenvalue weighted by molar-refractivity contribution is -0.141. The van der Waals surface area contributed by atoms with Crippen molar-refractivity contribution < 1.29 is 19.1 Å². The van der Waals surface area contributed by atoms with Crippen LogP contribution >= 0.6 is 11.6 Å². The predicted octanol–water partition coefficient (Wildman–Crippen LogP) is 4.25. The zero-order chi connectivity index (χ0) is 28.7. The molecular weight excluding hydrogens is 540 g/mol. The Labute approximate surface area is 248 Å². The number of amides is 3. The Balaban J connectivity index is 1.27. The topological polar surface area (TPSA) is 91.0 Å². The lowest BCUT2D eigenvalue weighted by atomic mass is 9.73. The van der Waals surface area contributed by atoms with Crippen LogP contribution in [0.2, 0.25) is 5.02 Å². The second kappa shape index (κ2) is 11.7. The maximum atomic E-state index is 14.3. The van der Waals surface area contributed by atoms with Crippen LogP contribution in [0.1, 0.15) is 58.8 Å². The minimum absolute atomic E-state index is 0.0637. The number of nitrogens with one attached hydrogen (secondary N) is 2. The smallest absolute Gasteiger partial charge is 0.246 e. The summed E-state index contributed by atoms with van der Waals surface area (Å²) in [4.78, 5) is 46.3. The first-order valence-electron chi connectivity index (χ1n) is 15.6. The Morgan fingerprint density at radius 2 is 1.83 bits per heavy atom. The number of fused-ring (bicyclic) bond motifs is 1. The van der Waals surface area contributed by atoms with Gasteiger partial charge >= 0.3 is 0 Å². The highest BCUT2D eigenvalue weighted by Gasteiger charge is 2.72. The minimum Gasteiger partial charge on any atom is -0.359 e. The van der Waals surface area contributed by atoms with Gasteiger partial charge in [0.25, 0.3) is 0 Å². The van der Waals surface area contributed by atoms with E-state index in [2.05, 4.69) is 29.4 Å². The number of benzene rings is 1. The monoisotopic (exact) mass is 582 g/mol. The highest BCUT2D eigenvalue weighted by atomic mass is 35.5. The van der Waals surface area contributed by atoms with Crippen LogP contribution < -0.4 is 10.6 Å². The number of ether oxygens (including phenoxy) is 1. The maximum Gasteiger partial charge on any atom is 0.246 e. The van der Waals surface area contributed by atoms with Crippen molar-refractivity contribution in [2.24, 2.45) is 23.7 Å². The first-order valence-corrected chi connectivity index (χ1v) is 15.9. The highest BCUT2D eigenvalue weighted by molar-refractivity contribution is 6.30. The fraction of sp³-hybridized carbons (Fsp3) is 0.656. The second-order valence-electron chi connectivity index (χ2n) is 12.9. The summed E-state index contributed by atoms with van der Waals surface area (Å²) < 4.78 is 6.53. The van der Waals surface area contributed by atoms with Gasteiger partial charge in [-0.3, -0.25) is 14.4 Å². The second-order valence-corrected chi connectivity index (χ2v) is 13.3. The van der Waals surface area contributed by atoms with Crippen LogP contribution in [0, 0.1) is 23.7 Å². The number of rotatable bonds is 7. The van der Waals surface area contributed by atoms with Gasteiger partial charge in [0.15, 0.2) is 0 Å². The molecule has 6 unspecified atom stereocenters. The van der Waals surface area contributed by atoms with E-state index in [0.29, 0.717) is 35.6 Å². The van der Waals surface area contributed by atoms with Gasteiger partial charge in [-0.25, -0.2) is 0 Å².